The lowest BCUT2D eigenvalue weighted by Crippen LogP contribution is -2.51. The van der Waals surface area contributed by atoms with Crippen molar-refractivity contribution in [2.45, 2.75) is 44.1 Å². The van der Waals surface area contributed by atoms with Crippen LogP contribution in [0, 0.1) is 11.8 Å². The number of imide groups is 1. The Hall–Kier alpha value is -2.94. The minimum absolute atomic E-state index is 0.00685. The summed E-state index contributed by atoms with van der Waals surface area (Å²) in [6.07, 6.45) is 8.95. The summed E-state index contributed by atoms with van der Waals surface area (Å²) in [5.41, 5.74) is 3.08. The second-order valence-electron chi connectivity index (χ2n) is 10.00. The molecule has 0 spiro atoms. The third kappa shape index (κ3) is 4.49. The van der Waals surface area contributed by atoms with Gasteiger partial charge in [-0.2, -0.15) is 0 Å². The number of phenolic OH excluding ortho intramolecular Hbond substituents is 1. The molecule has 3 heterocycles. The Labute approximate surface area is 215 Å². The Kier molecular flexibility index (Phi) is 7.01. The van der Waals surface area contributed by atoms with E-state index < -0.39 is 0 Å². The van der Waals surface area contributed by atoms with Crippen molar-refractivity contribution in [2.75, 3.05) is 43.9 Å². The highest BCUT2D eigenvalue weighted by Gasteiger charge is 2.34. The van der Waals surface area contributed by atoms with E-state index in [0.29, 0.717) is 32.7 Å². The van der Waals surface area contributed by atoms with Crippen LogP contribution in [0.5, 0.6) is 5.75 Å². The van der Waals surface area contributed by atoms with Crippen LogP contribution >= 0.6 is 11.8 Å². The first-order valence-corrected chi connectivity index (χ1v) is 14.1. The van der Waals surface area contributed by atoms with Gasteiger partial charge >= 0.3 is 0 Å². The minimum atomic E-state index is -0.229. The molecule has 3 amide bonds. The summed E-state index contributed by atoms with van der Waals surface area (Å²) in [6.45, 7) is 5.22. The highest BCUT2D eigenvalue weighted by atomic mass is 32.2. The lowest BCUT2D eigenvalue weighted by atomic mass is 9.81. The Morgan fingerprint density at radius 2 is 1.72 bits per heavy atom. The van der Waals surface area contributed by atoms with E-state index in [-0.39, 0.29) is 35.3 Å². The summed E-state index contributed by atoms with van der Waals surface area (Å²) in [4.78, 5) is 46.0. The highest BCUT2D eigenvalue weighted by molar-refractivity contribution is 7.98. The maximum atomic E-state index is 13.3. The molecule has 1 saturated carbocycles. The number of piperazine rings is 1. The summed E-state index contributed by atoms with van der Waals surface area (Å²) in [7, 11) is 0. The number of benzene rings is 1. The van der Waals surface area contributed by atoms with E-state index in [1.807, 2.05) is 11.0 Å². The van der Waals surface area contributed by atoms with Crippen LogP contribution in [0.15, 0.2) is 29.3 Å². The van der Waals surface area contributed by atoms with E-state index in [2.05, 4.69) is 23.1 Å². The zero-order valence-corrected chi connectivity index (χ0v) is 21.8. The number of aromatic amines is 1. The smallest absolute Gasteiger partial charge is 0.253 e. The highest BCUT2D eigenvalue weighted by Crippen LogP contribution is 2.40. The van der Waals surface area contributed by atoms with Crippen molar-refractivity contribution in [3.63, 3.8) is 0 Å². The zero-order valence-electron chi connectivity index (χ0n) is 21.0. The summed E-state index contributed by atoms with van der Waals surface area (Å²) < 4.78 is 0. The van der Waals surface area contributed by atoms with E-state index in [0.717, 1.165) is 53.7 Å². The SMILES string of the molecule is CCc1c(SC)[nH]c2c(N3CCN(C(=O)C4CCC(CN5C(=O)C=CC5=O)CC4)CC3)c(O)ccc12. The number of nitrogens with zero attached hydrogens (tertiary/aromatic N) is 3. The molecule has 2 N–H and O–H groups in total. The Morgan fingerprint density at radius 1 is 1.06 bits per heavy atom. The van der Waals surface area contributed by atoms with Crippen LogP contribution in [-0.2, 0) is 20.8 Å². The third-order valence-electron chi connectivity index (χ3n) is 8.00. The van der Waals surface area contributed by atoms with Gasteiger partial charge in [0.15, 0.2) is 0 Å². The van der Waals surface area contributed by atoms with Crippen molar-refractivity contribution in [3.8, 4) is 5.75 Å². The number of aryl methyl sites for hydroxylation is 1. The maximum absolute atomic E-state index is 13.3. The molecule has 1 aromatic heterocycles. The van der Waals surface area contributed by atoms with Crippen LogP contribution in [0.1, 0.15) is 38.2 Å². The number of aromatic hydroxyl groups is 1. The van der Waals surface area contributed by atoms with E-state index in [1.165, 1.54) is 22.6 Å². The number of thioether (sulfide) groups is 1. The molecule has 36 heavy (non-hydrogen) atoms. The predicted octanol–water partition coefficient (Wildman–Crippen LogP) is 3.54. The van der Waals surface area contributed by atoms with E-state index in [9.17, 15) is 19.5 Å². The molecule has 8 nitrogen and oxygen atoms in total. The summed E-state index contributed by atoms with van der Waals surface area (Å²) in [5, 5.41) is 13.0. The van der Waals surface area contributed by atoms with E-state index >= 15 is 0 Å². The summed E-state index contributed by atoms with van der Waals surface area (Å²) in [6, 6.07) is 3.77. The first kappa shape index (κ1) is 24.7. The van der Waals surface area contributed by atoms with E-state index in [4.69, 9.17) is 0 Å². The first-order valence-electron chi connectivity index (χ1n) is 12.9. The lowest BCUT2D eigenvalue weighted by Gasteiger charge is -2.39. The molecule has 0 unspecified atom stereocenters. The molecule has 3 aliphatic rings. The number of hydrogen-bond acceptors (Lipinski definition) is 6. The number of aromatic nitrogens is 1. The Bertz CT molecular complexity index is 1190. The number of carbonyl (C=O) groups is 3. The molecule has 2 aromatic rings. The van der Waals surface area contributed by atoms with Gasteiger partial charge in [-0.3, -0.25) is 19.3 Å². The number of carbonyl (C=O) groups excluding carboxylic acids is 3. The van der Waals surface area contributed by atoms with Crippen molar-refractivity contribution < 1.29 is 19.5 Å². The molecular formula is C27H34N4O4S. The third-order valence-corrected chi connectivity index (χ3v) is 8.75. The molecule has 1 saturated heterocycles. The van der Waals surface area contributed by atoms with Gasteiger partial charge in [-0.15, -0.1) is 11.8 Å². The van der Waals surface area contributed by atoms with Gasteiger partial charge in [0, 0.05) is 56.2 Å². The molecule has 2 fully saturated rings. The number of nitrogens with one attached hydrogen (secondary N) is 1. The number of fused-ring (bicyclic) bond motifs is 1. The Balaban J connectivity index is 1.19. The molecule has 0 radical (unpaired) electrons. The molecule has 1 aromatic carbocycles. The van der Waals surface area contributed by atoms with Crippen LogP contribution in [-0.4, -0.2) is 76.6 Å². The number of rotatable bonds is 6. The van der Waals surface area contributed by atoms with Gasteiger partial charge < -0.3 is 19.9 Å². The molecule has 0 bridgehead atoms. The molecule has 5 rings (SSSR count). The van der Waals surface area contributed by atoms with Gasteiger partial charge in [-0.05, 0) is 62.0 Å². The first-order chi connectivity index (χ1) is 17.4. The van der Waals surface area contributed by atoms with Gasteiger partial charge in [0.1, 0.15) is 11.4 Å². The molecule has 1 aliphatic carbocycles. The van der Waals surface area contributed by atoms with Gasteiger partial charge in [0.25, 0.3) is 11.8 Å². The van der Waals surface area contributed by atoms with Crippen molar-refractivity contribution >= 4 is 46.1 Å². The molecular weight excluding hydrogens is 476 g/mol. The van der Waals surface area contributed by atoms with Crippen LogP contribution in [0.2, 0.25) is 0 Å². The second kappa shape index (κ2) is 10.2. The standard InChI is InChI=1S/C27H34N4O4S/c1-3-19-20-8-9-21(32)25(24(20)28-26(19)36-2)29-12-14-30(15-13-29)27(35)18-6-4-17(5-7-18)16-31-22(33)10-11-23(31)34/h8-11,17-18,28,32H,3-7,12-16H2,1-2H3. The molecule has 2 aliphatic heterocycles. The maximum Gasteiger partial charge on any atom is 0.253 e. The average molecular weight is 511 g/mol. The van der Waals surface area contributed by atoms with Gasteiger partial charge in [-0.1, -0.05) is 6.92 Å². The number of hydrogen-bond donors (Lipinski definition) is 2. The quantitative estimate of drug-likeness (QED) is 0.456. The summed E-state index contributed by atoms with van der Waals surface area (Å²) in [5.74, 6) is 0.292. The minimum Gasteiger partial charge on any atom is -0.506 e. The number of H-pyrrole nitrogens is 1. The average Bonchev–Trinajstić information content (AvgIpc) is 3.43. The van der Waals surface area contributed by atoms with Gasteiger partial charge in [-0.25, -0.2) is 0 Å². The molecule has 192 valence electrons. The number of anilines is 1. The van der Waals surface area contributed by atoms with Crippen LogP contribution in [0.25, 0.3) is 10.9 Å². The van der Waals surface area contributed by atoms with Crippen molar-refractivity contribution in [2.24, 2.45) is 11.8 Å². The van der Waals surface area contributed by atoms with Crippen molar-refractivity contribution in [1.82, 2.24) is 14.8 Å². The fraction of sp³-hybridized carbons (Fsp3) is 0.519. The van der Waals surface area contributed by atoms with Crippen LogP contribution in [0.4, 0.5) is 5.69 Å². The molecule has 0 atom stereocenters. The number of amides is 3. The monoisotopic (exact) mass is 510 g/mol. The topological polar surface area (TPSA) is 97.0 Å². The second-order valence-corrected chi connectivity index (χ2v) is 10.8. The zero-order chi connectivity index (χ0) is 25.4. The van der Waals surface area contributed by atoms with E-state index in [1.54, 1.807) is 17.8 Å². The van der Waals surface area contributed by atoms with Crippen LogP contribution in [0.3, 0.4) is 0 Å². The Morgan fingerprint density at radius 3 is 2.33 bits per heavy atom. The fourth-order valence-electron chi connectivity index (χ4n) is 5.98. The lowest BCUT2D eigenvalue weighted by molar-refractivity contribution is -0.140. The normalized spacial score (nSPS) is 22.8. The van der Waals surface area contributed by atoms with Crippen molar-refractivity contribution in [3.05, 3.63) is 29.8 Å². The predicted molar refractivity (Wildman–Crippen MR) is 141 cm³/mol. The number of phenols is 1. The largest absolute Gasteiger partial charge is 0.506 e. The van der Waals surface area contributed by atoms with Crippen molar-refractivity contribution in [1.29, 1.82) is 0 Å². The fourth-order valence-corrected chi connectivity index (χ4v) is 6.69. The summed E-state index contributed by atoms with van der Waals surface area (Å²) >= 11 is 1.69. The molecule has 9 heteroatoms. The van der Waals surface area contributed by atoms with Gasteiger partial charge in [0.2, 0.25) is 5.91 Å². The van der Waals surface area contributed by atoms with Gasteiger partial charge in [0.05, 0.1) is 10.5 Å². The van der Waals surface area contributed by atoms with Crippen LogP contribution < -0.4 is 4.90 Å².